The predicted molar refractivity (Wildman–Crippen MR) is 65.7 cm³/mol. The number of furan rings is 1. The van der Waals surface area contributed by atoms with Crippen molar-refractivity contribution in [3.63, 3.8) is 0 Å². The summed E-state index contributed by atoms with van der Waals surface area (Å²) < 4.78 is 5.37. The van der Waals surface area contributed by atoms with Gasteiger partial charge in [-0.25, -0.2) is 0 Å². The molecule has 4 heteroatoms. The van der Waals surface area contributed by atoms with Crippen LogP contribution in [0.3, 0.4) is 0 Å². The molecule has 17 heavy (non-hydrogen) atoms. The summed E-state index contributed by atoms with van der Waals surface area (Å²) >= 11 is 0. The van der Waals surface area contributed by atoms with E-state index in [-0.39, 0.29) is 17.4 Å². The first-order valence-electron chi connectivity index (χ1n) is 6.01. The van der Waals surface area contributed by atoms with Gasteiger partial charge in [-0.05, 0) is 30.9 Å². The Labute approximate surface area is 102 Å². The van der Waals surface area contributed by atoms with Gasteiger partial charge in [0.1, 0.15) is 5.76 Å². The van der Waals surface area contributed by atoms with Gasteiger partial charge in [0.25, 0.3) is 5.91 Å². The van der Waals surface area contributed by atoms with E-state index in [1.807, 2.05) is 17.9 Å². The van der Waals surface area contributed by atoms with Crippen LogP contribution in [0.25, 0.3) is 0 Å². The monoisotopic (exact) mass is 236 g/mol. The van der Waals surface area contributed by atoms with Crippen molar-refractivity contribution < 1.29 is 9.21 Å². The number of nitrogens with zero attached hydrogens (tertiary/aromatic N) is 1. The largest absolute Gasteiger partial charge is 0.456 e. The second-order valence-corrected chi connectivity index (χ2v) is 5.52. The van der Waals surface area contributed by atoms with Crippen LogP contribution in [0.5, 0.6) is 0 Å². The SMILES string of the molecule is Cc1ccc(C(=O)N2CCC(N)C(C)(C)C2)o1. The second-order valence-electron chi connectivity index (χ2n) is 5.52. The lowest BCUT2D eigenvalue weighted by Crippen LogP contribution is -2.53. The summed E-state index contributed by atoms with van der Waals surface area (Å²) in [5.74, 6) is 1.16. The summed E-state index contributed by atoms with van der Waals surface area (Å²) in [5.41, 5.74) is 6.02. The highest BCUT2D eigenvalue weighted by Gasteiger charge is 2.36. The van der Waals surface area contributed by atoms with Gasteiger partial charge in [-0.15, -0.1) is 0 Å². The van der Waals surface area contributed by atoms with Gasteiger partial charge in [-0.2, -0.15) is 0 Å². The molecule has 1 amide bonds. The molecule has 2 N–H and O–H groups in total. The lowest BCUT2D eigenvalue weighted by atomic mass is 9.79. The second kappa shape index (κ2) is 4.18. The van der Waals surface area contributed by atoms with Crippen molar-refractivity contribution in [3.8, 4) is 0 Å². The Morgan fingerprint density at radius 3 is 2.76 bits per heavy atom. The van der Waals surface area contributed by atoms with E-state index in [4.69, 9.17) is 10.2 Å². The Balaban J connectivity index is 2.11. The van der Waals surface area contributed by atoms with Crippen molar-refractivity contribution in [2.75, 3.05) is 13.1 Å². The van der Waals surface area contributed by atoms with Crippen LogP contribution in [0.4, 0.5) is 0 Å². The summed E-state index contributed by atoms with van der Waals surface area (Å²) in [7, 11) is 0. The zero-order chi connectivity index (χ0) is 12.6. The third kappa shape index (κ3) is 2.36. The number of aryl methyl sites for hydroxylation is 1. The number of likely N-dealkylation sites (tertiary alicyclic amines) is 1. The summed E-state index contributed by atoms with van der Waals surface area (Å²) in [4.78, 5) is 14.0. The summed E-state index contributed by atoms with van der Waals surface area (Å²) in [6, 6.07) is 3.71. The Morgan fingerprint density at radius 1 is 1.53 bits per heavy atom. The molecule has 94 valence electrons. The first kappa shape index (κ1) is 12.2. The topological polar surface area (TPSA) is 59.5 Å². The van der Waals surface area contributed by atoms with Crippen LogP contribution in [0.1, 0.15) is 36.6 Å². The standard InChI is InChI=1S/C13H20N2O2/c1-9-4-5-10(17-9)12(16)15-7-6-11(14)13(2,3)8-15/h4-5,11H,6-8,14H2,1-3H3. The lowest BCUT2D eigenvalue weighted by molar-refractivity contribution is 0.0502. The third-order valence-electron chi connectivity index (χ3n) is 3.55. The molecule has 2 heterocycles. The third-order valence-corrected chi connectivity index (χ3v) is 3.55. The quantitative estimate of drug-likeness (QED) is 0.808. The van der Waals surface area contributed by atoms with Crippen molar-refractivity contribution in [3.05, 3.63) is 23.7 Å². The highest BCUT2D eigenvalue weighted by Crippen LogP contribution is 2.28. The number of hydrogen-bond acceptors (Lipinski definition) is 3. The first-order valence-corrected chi connectivity index (χ1v) is 6.01. The summed E-state index contributed by atoms with van der Waals surface area (Å²) in [6.45, 7) is 7.44. The van der Waals surface area contributed by atoms with Crippen LogP contribution in [0.15, 0.2) is 16.5 Å². The maximum Gasteiger partial charge on any atom is 0.289 e. The Morgan fingerprint density at radius 2 is 2.24 bits per heavy atom. The van der Waals surface area contributed by atoms with Crippen LogP contribution >= 0.6 is 0 Å². The molecule has 1 fully saturated rings. The molecule has 0 aromatic carbocycles. The number of piperidine rings is 1. The molecule has 2 rings (SSSR count). The van der Waals surface area contributed by atoms with Crippen molar-refractivity contribution in [2.45, 2.75) is 33.2 Å². The molecule has 1 aliphatic rings. The number of carbonyl (C=O) groups excluding carboxylic acids is 1. The normalized spacial score (nSPS) is 23.8. The Kier molecular flexibility index (Phi) is 3.00. The zero-order valence-electron chi connectivity index (χ0n) is 10.7. The van der Waals surface area contributed by atoms with Crippen LogP contribution < -0.4 is 5.73 Å². The molecule has 1 unspecified atom stereocenters. The number of carbonyl (C=O) groups is 1. The van der Waals surface area contributed by atoms with E-state index >= 15 is 0 Å². The average Bonchev–Trinajstić information content (AvgIpc) is 2.68. The van der Waals surface area contributed by atoms with E-state index in [0.717, 1.165) is 12.2 Å². The highest BCUT2D eigenvalue weighted by molar-refractivity contribution is 5.91. The van der Waals surface area contributed by atoms with E-state index in [9.17, 15) is 4.79 Å². The van der Waals surface area contributed by atoms with E-state index in [2.05, 4.69) is 13.8 Å². The van der Waals surface area contributed by atoms with Crippen LogP contribution in [-0.4, -0.2) is 29.9 Å². The van der Waals surface area contributed by atoms with Gasteiger partial charge >= 0.3 is 0 Å². The fourth-order valence-electron chi connectivity index (χ4n) is 2.25. The smallest absolute Gasteiger partial charge is 0.289 e. The van der Waals surface area contributed by atoms with Crippen molar-refractivity contribution in [2.24, 2.45) is 11.1 Å². The van der Waals surface area contributed by atoms with Crippen LogP contribution in [0.2, 0.25) is 0 Å². The van der Waals surface area contributed by atoms with Gasteiger partial charge in [0, 0.05) is 19.1 Å². The molecule has 1 atom stereocenters. The van der Waals surface area contributed by atoms with Gasteiger partial charge in [0.05, 0.1) is 0 Å². The molecule has 0 radical (unpaired) electrons. The minimum atomic E-state index is -0.0322. The zero-order valence-corrected chi connectivity index (χ0v) is 10.7. The minimum Gasteiger partial charge on any atom is -0.456 e. The number of rotatable bonds is 1. The fraction of sp³-hybridized carbons (Fsp3) is 0.615. The average molecular weight is 236 g/mol. The van der Waals surface area contributed by atoms with Crippen molar-refractivity contribution in [1.82, 2.24) is 4.90 Å². The maximum absolute atomic E-state index is 12.2. The van der Waals surface area contributed by atoms with Gasteiger partial charge < -0.3 is 15.1 Å². The van der Waals surface area contributed by atoms with Gasteiger partial charge in [-0.3, -0.25) is 4.79 Å². The van der Waals surface area contributed by atoms with Crippen LogP contribution in [-0.2, 0) is 0 Å². The van der Waals surface area contributed by atoms with E-state index < -0.39 is 0 Å². The fourth-order valence-corrected chi connectivity index (χ4v) is 2.25. The highest BCUT2D eigenvalue weighted by atomic mass is 16.3. The Hall–Kier alpha value is -1.29. The molecule has 1 saturated heterocycles. The molecular weight excluding hydrogens is 216 g/mol. The van der Waals surface area contributed by atoms with E-state index in [1.54, 1.807) is 6.07 Å². The van der Waals surface area contributed by atoms with Crippen LogP contribution in [0, 0.1) is 12.3 Å². The van der Waals surface area contributed by atoms with Gasteiger partial charge in [0.2, 0.25) is 0 Å². The van der Waals surface area contributed by atoms with Gasteiger partial charge in [-0.1, -0.05) is 13.8 Å². The molecule has 0 bridgehead atoms. The molecule has 1 aromatic heterocycles. The van der Waals surface area contributed by atoms with E-state index in [1.165, 1.54) is 0 Å². The van der Waals surface area contributed by atoms with E-state index in [0.29, 0.717) is 18.8 Å². The molecule has 0 spiro atoms. The predicted octanol–water partition coefficient (Wildman–Crippen LogP) is 1.79. The minimum absolute atomic E-state index is 0.0296. The first-order chi connectivity index (χ1) is 7.90. The lowest BCUT2D eigenvalue weighted by Gasteiger charge is -2.42. The molecule has 1 aromatic rings. The van der Waals surface area contributed by atoms with Crippen molar-refractivity contribution >= 4 is 5.91 Å². The summed E-state index contributed by atoms with van der Waals surface area (Å²) in [6.07, 6.45) is 0.846. The maximum atomic E-state index is 12.2. The summed E-state index contributed by atoms with van der Waals surface area (Å²) in [5, 5.41) is 0. The van der Waals surface area contributed by atoms with Crippen molar-refractivity contribution in [1.29, 1.82) is 0 Å². The molecule has 0 aliphatic carbocycles. The molecule has 4 nitrogen and oxygen atoms in total. The van der Waals surface area contributed by atoms with Gasteiger partial charge in [0.15, 0.2) is 5.76 Å². The number of nitrogens with two attached hydrogens (primary N) is 1. The Bertz CT molecular complexity index is 423. The number of amides is 1. The molecular formula is C13H20N2O2. The molecule has 1 aliphatic heterocycles. The molecule has 0 saturated carbocycles. The number of hydrogen-bond donors (Lipinski definition) is 1.